The van der Waals surface area contributed by atoms with Crippen LogP contribution in [0.2, 0.25) is 0 Å². The van der Waals surface area contributed by atoms with Crippen LogP contribution in [0.25, 0.3) is 0 Å². The lowest BCUT2D eigenvalue weighted by Crippen LogP contribution is -2.19. The van der Waals surface area contributed by atoms with Gasteiger partial charge in [0, 0.05) is 23.6 Å². The number of carbonyl (C=O) groups excluding carboxylic acids is 1. The topological polar surface area (TPSA) is 54.0 Å². The van der Waals surface area contributed by atoms with E-state index in [1.807, 2.05) is 12.1 Å². The highest BCUT2D eigenvalue weighted by atomic mass is 16.5. The summed E-state index contributed by atoms with van der Waals surface area (Å²) in [4.78, 5) is 12.0. The first-order valence-electron chi connectivity index (χ1n) is 7.74. The average Bonchev–Trinajstić information content (AvgIpc) is 2.54. The molecule has 0 radical (unpaired) electrons. The third-order valence-corrected chi connectivity index (χ3v) is 3.84. The predicted octanol–water partition coefficient (Wildman–Crippen LogP) is 3.30. The predicted molar refractivity (Wildman–Crippen MR) is 82.9 cm³/mol. The van der Waals surface area contributed by atoms with Gasteiger partial charge in [-0.05, 0) is 12.8 Å². The summed E-state index contributed by atoms with van der Waals surface area (Å²) in [6, 6.07) is 3.66. The maximum atomic E-state index is 12.0. The normalized spacial score (nSPS) is 16.4. The molecule has 5 heteroatoms. The van der Waals surface area contributed by atoms with Crippen LogP contribution in [0.1, 0.15) is 44.1 Å². The Balaban J connectivity index is 2.15. The van der Waals surface area contributed by atoms with Crippen LogP contribution in [0.5, 0.6) is 17.2 Å². The molecule has 0 bridgehead atoms. The summed E-state index contributed by atoms with van der Waals surface area (Å²) in [5.74, 6) is 2.00. The zero-order valence-electron chi connectivity index (χ0n) is 13.5. The number of hydrogen-bond donors (Lipinski definition) is 0. The molecule has 0 amide bonds. The number of carbonyl (C=O) groups is 1. The molecular formula is C17H24O5. The lowest BCUT2D eigenvalue weighted by atomic mass is 9.89. The minimum absolute atomic E-state index is 0.0544. The van der Waals surface area contributed by atoms with Crippen molar-refractivity contribution in [3.8, 4) is 17.2 Å². The molecule has 0 saturated heterocycles. The molecule has 122 valence electrons. The van der Waals surface area contributed by atoms with E-state index in [2.05, 4.69) is 6.92 Å². The number of hydrogen-bond acceptors (Lipinski definition) is 5. The van der Waals surface area contributed by atoms with Gasteiger partial charge in [0.1, 0.15) is 17.2 Å². The molecule has 2 rings (SSSR count). The van der Waals surface area contributed by atoms with Crippen molar-refractivity contribution in [2.75, 3.05) is 27.4 Å². The van der Waals surface area contributed by atoms with Crippen LogP contribution in [-0.4, -0.2) is 33.4 Å². The van der Waals surface area contributed by atoms with Crippen LogP contribution < -0.4 is 14.2 Å². The summed E-state index contributed by atoms with van der Waals surface area (Å²) in [6.45, 7) is 3.14. The van der Waals surface area contributed by atoms with Gasteiger partial charge in [0.25, 0.3) is 0 Å². The van der Waals surface area contributed by atoms with Crippen LogP contribution in [0.15, 0.2) is 12.1 Å². The fraction of sp³-hybridized carbons (Fsp3) is 0.588. The molecule has 1 aliphatic heterocycles. The molecule has 22 heavy (non-hydrogen) atoms. The minimum atomic E-state index is -0.163. The van der Waals surface area contributed by atoms with Crippen molar-refractivity contribution < 1.29 is 23.7 Å². The van der Waals surface area contributed by atoms with Gasteiger partial charge in [0.15, 0.2) is 0 Å². The second kappa shape index (κ2) is 7.92. The molecule has 0 saturated carbocycles. The first-order chi connectivity index (χ1) is 10.7. The van der Waals surface area contributed by atoms with E-state index in [1.165, 1.54) is 0 Å². The number of fused-ring (bicyclic) bond motifs is 1. The van der Waals surface area contributed by atoms with Gasteiger partial charge in [0.2, 0.25) is 0 Å². The van der Waals surface area contributed by atoms with Crippen LogP contribution in [0.3, 0.4) is 0 Å². The van der Waals surface area contributed by atoms with Crippen molar-refractivity contribution in [1.29, 1.82) is 0 Å². The maximum Gasteiger partial charge on any atom is 0.306 e. The summed E-state index contributed by atoms with van der Waals surface area (Å²) < 4.78 is 21.7. The maximum absolute atomic E-state index is 12.0. The van der Waals surface area contributed by atoms with E-state index in [4.69, 9.17) is 18.9 Å². The molecule has 1 unspecified atom stereocenters. The first kappa shape index (κ1) is 16.5. The highest BCUT2D eigenvalue weighted by Gasteiger charge is 2.28. The van der Waals surface area contributed by atoms with Gasteiger partial charge < -0.3 is 18.9 Å². The van der Waals surface area contributed by atoms with Crippen LogP contribution in [-0.2, 0) is 9.53 Å². The van der Waals surface area contributed by atoms with E-state index in [0.29, 0.717) is 31.1 Å². The van der Waals surface area contributed by atoms with Crippen molar-refractivity contribution in [3.63, 3.8) is 0 Å². The second-order valence-corrected chi connectivity index (χ2v) is 5.35. The quantitative estimate of drug-likeness (QED) is 0.571. The van der Waals surface area contributed by atoms with E-state index in [1.54, 1.807) is 14.2 Å². The molecule has 0 spiro atoms. The number of esters is 1. The Morgan fingerprint density at radius 3 is 2.82 bits per heavy atom. The van der Waals surface area contributed by atoms with Crippen LogP contribution in [0.4, 0.5) is 0 Å². The monoisotopic (exact) mass is 308 g/mol. The van der Waals surface area contributed by atoms with Gasteiger partial charge in [-0.1, -0.05) is 13.3 Å². The van der Waals surface area contributed by atoms with Crippen LogP contribution >= 0.6 is 0 Å². The van der Waals surface area contributed by atoms with E-state index >= 15 is 0 Å². The molecule has 1 heterocycles. The molecule has 5 nitrogen and oxygen atoms in total. The van der Waals surface area contributed by atoms with Crippen LogP contribution in [0, 0.1) is 0 Å². The van der Waals surface area contributed by atoms with E-state index in [-0.39, 0.29) is 11.9 Å². The summed E-state index contributed by atoms with van der Waals surface area (Å²) >= 11 is 0. The second-order valence-electron chi connectivity index (χ2n) is 5.35. The highest BCUT2D eigenvalue weighted by Crippen LogP contribution is 2.44. The fourth-order valence-corrected chi connectivity index (χ4v) is 2.64. The van der Waals surface area contributed by atoms with Crippen molar-refractivity contribution in [3.05, 3.63) is 17.7 Å². The summed E-state index contributed by atoms with van der Waals surface area (Å²) in [5, 5.41) is 0. The Morgan fingerprint density at radius 1 is 1.32 bits per heavy atom. The van der Waals surface area contributed by atoms with Gasteiger partial charge in [0.05, 0.1) is 33.9 Å². The minimum Gasteiger partial charge on any atom is -0.496 e. The van der Waals surface area contributed by atoms with E-state index in [9.17, 15) is 4.79 Å². The SMILES string of the molecule is CCCCOC(=O)CC1CCOc2cc(OC)cc(OC)c21. The Morgan fingerprint density at radius 2 is 2.14 bits per heavy atom. The molecule has 1 aromatic carbocycles. The number of ether oxygens (including phenoxy) is 4. The van der Waals surface area contributed by atoms with Gasteiger partial charge >= 0.3 is 5.97 Å². The van der Waals surface area contributed by atoms with Gasteiger partial charge in [-0.15, -0.1) is 0 Å². The molecular weight excluding hydrogens is 284 g/mol. The number of rotatable bonds is 7. The van der Waals surface area contributed by atoms with Gasteiger partial charge in [-0.3, -0.25) is 4.79 Å². The molecule has 1 aromatic rings. The average molecular weight is 308 g/mol. The first-order valence-corrected chi connectivity index (χ1v) is 7.74. The van der Waals surface area contributed by atoms with Crippen molar-refractivity contribution in [2.24, 2.45) is 0 Å². The summed E-state index contributed by atoms with van der Waals surface area (Å²) in [7, 11) is 3.22. The number of methoxy groups -OCH3 is 2. The number of benzene rings is 1. The van der Waals surface area contributed by atoms with Crippen molar-refractivity contribution >= 4 is 5.97 Å². The van der Waals surface area contributed by atoms with Crippen molar-refractivity contribution in [2.45, 2.75) is 38.5 Å². The Bertz CT molecular complexity index is 495. The standard InChI is InChI=1S/C17H24O5/c1-4-5-7-22-16(18)9-12-6-8-21-15-11-13(19-2)10-14(20-3)17(12)15/h10-12H,4-9H2,1-3H3. The third-order valence-electron chi connectivity index (χ3n) is 3.84. The lowest BCUT2D eigenvalue weighted by molar-refractivity contribution is -0.144. The van der Waals surface area contributed by atoms with E-state index in [0.717, 1.165) is 30.6 Å². The van der Waals surface area contributed by atoms with Crippen molar-refractivity contribution in [1.82, 2.24) is 0 Å². The molecule has 0 aromatic heterocycles. The zero-order valence-corrected chi connectivity index (χ0v) is 13.5. The lowest BCUT2D eigenvalue weighted by Gasteiger charge is -2.27. The van der Waals surface area contributed by atoms with Gasteiger partial charge in [-0.2, -0.15) is 0 Å². The Hall–Kier alpha value is -1.91. The highest BCUT2D eigenvalue weighted by molar-refractivity contribution is 5.71. The fourth-order valence-electron chi connectivity index (χ4n) is 2.64. The molecule has 0 fully saturated rings. The summed E-state index contributed by atoms with van der Waals surface area (Å²) in [5.41, 5.74) is 0.932. The largest absolute Gasteiger partial charge is 0.496 e. The zero-order chi connectivity index (χ0) is 15.9. The third kappa shape index (κ3) is 3.84. The number of unbranched alkanes of at least 4 members (excludes halogenated alkanes) is 1. The smallest absolute Gasteiger partial charge is 0.306 e. The summed E-state index contributed by atoms with van der Waals surface area (Å²) in [6.07, 6.45) is 3.04. The molecule has 1 atom stereocenters. The molecule has 1 aliphatic rings. The Kier molecular flexibility index (Phi) is 5.92. The molecule has 0 N–H and O–H groups in total. The Labute approximate surface area is 131 Å². The van der Waals surface area contributed by atoms with Gasteiger partial charge in [-0.25, -0.2) is 0 Å². The molecule has 0 aliphatic carbocycles. The van der Waals surface area contributed by atoms with E-state index < -0.39 is 0 Å².